The second-order valence-electron chi connectivity index (χ2n) is 5.63. The lowest BCUT2D eigenvalue weighted by molar-refractivity contribution is 0.0938. The highest BCUT2D eigenvalue weighted by Crippen LogP contribution is 2.21. The lowest BCUT2D eigenvalue weighted by Gasteiger charge is -2.18. The van der Waals surface area contributed by atoms with Gasteiger partial charge in [0, 0.05) is 18.1 Å². The summed E-state index contributed by atoms with van der Waals surface area (Å²) in [6.07, 6.45) is 5.37. The van der Waals surface area contributed by atoms with Crippen molar-refractivity contribution in [2.24, 2.45) is 0 Å². The van der Waals surface area contributed by atoms with Gasteiger partial charge in [0.1, 0.15) is 5.69 Å². The summed E-state index contributed by atoms with van der Waals surface area (Å²) in [5.74, 6) is -0.202. The first-order chi connectivity index (χ1) is 11.8. The van der Waals surface area contributed by atoms with E-state index < -0.39 is 0 Å². The summed E-state index contributed by atoms with van der Waals surface area (Å²) in [4.78, 5) is 16.8. The average Bonchev–Trinajstić information content (AvgIpc) is 3.10. The summed E-state index contributed by atoms with van der Waals surface area (Å²) in [6, 6.07) is 15.2. The van der Waals surface area contributed by atoms with E-state index in [-0.39, 0.29) is 11.9 Å². The molecule has 24 heavy (non-hydrogen) atoms. The van der Waals surface area contributed by atoms with Crippen LogP contribution in [-0.4, -0.2) is 21.1 Å². The molecule has 0 fully saturated rings. The van der Waals surface area contributed by atoms with Crippen LogP contribution < -0.4 is 5.32 Å². The zero-order chi connectivity index (χ0) is 16.8. The van der Waals surface area contributed by atoms with Crippen LogP contribution in [0.2, 0.25) is 0 Å². The summed E-state index contributed by atoms with van der Waals surface area (Å²) >= 11 is 0. The van der Waals surface area contributed by atoms with Crippen LogP contribution in [-0.2, 0) is 6.42 Å². The van der Waals surface area contributed by atoms with Crippen molar-refractivity contribution in [2.45, 2.75) is 25.8 Å². The monoisotopic (exact) mass is 320 g/mol. The van der Waals surface area contributed by atoms with Crippen molar-refractivity contribution in [1.29, 1.82) is 0 Å². The molecule has 0 radical (unpaired) electrons. The van der Waals surface area contributed by atoms with E-state index in [1.165, 1.54) is 0 Å². The van der Waals surface area contributed by atoms with Crippen molar-refractivity contribution in [3.8, 4) is 0 Å². The van der Waals surface area contributed by atoms with Gasteiger partial charge in [0.05, 0.1) is 6.04 Å². The number of pyridine rings is 1. The van der Waals surface area contributed by atoms with Crippen LogP contribution in [0.4, 0.5) is 0 Å². The number of aryl methyl sites for hydroxylation is 1. The zero-order valence-electron chi connectivity index (χ0n) is 13.6. The molecule has 0 aliphatic rings. The molecule has 2 aromatic heterocycles. The van der Waals surface area contributed by atoms with Crippen molar-refractivity contribution in [2.75, 3.05) is 0 Å². The van der Waals surface area contributed by atoms with Crippen LogP contribution in [0.15, 0.2) is 60.9 Å². The third kappa shape index (κ3) is 3.68. The number of carbonyl (C=O) groups excluding carboxylic acids is 1. The molecule has 1 amide bonds. The number of nitrogens with zero attached hydrogens (tertiary/aromatic N) is 2. The largest absolute Gasteiger partial charge is 0.340 e. The van der Waals surface area contributed by atoms with Crippen molar-refractivity contribution in [3.05, 3.63) is 83.4 Å². The molecule has 0 bridgehead atoms. The van der Waals surface area contributed by atoms with Gasteiger partial charge in [-0.15, -0.1) is 0 Å². The predicted octanol–water partition coefficient (Wildman–Crippen LogP) is 3.28. The Kier molecular flexibility index (Phi) is 5.01. The van der Waals surface area contributed by atoms with Crippen LogP contribution in [0.25, 0.3) is 0 Å². The average molecular weight is 320 g/mol. The van der Waals surface area contributed by atoms with Gasteiger partial charge in [-0.3, -0.25) is 14.9 Å². The molecule has 0 spiro atoms. The number of H-pyrrole nitrogens is 1. The summed E-state index contributed by atoms with van der Waals surface area (Å²) in [5.41, 5.74) is 3.31. The summed E-state index contributed by atoms with van der Waals surface area (Å²) in [7, 11) is 0. The quantitative estimate of drug-likeness (QED) is 0.732. The zero-order valence-corrected chi connectivity index (χ0v) is 13.6. The summed E-state index contributed by atoms with van der Waals surface area (Å²) < 4.78 is 0. The molecule has 3 aromatic rings. The van der Waals surface area contributed by atoms with Gasteiger partial charge >= 0.3 is 0 Å². The highest BCUT2D eigenvalue weighted by molar-refractivity contribution is 5.92. The first-order valence-electron chi connectivity index (χ1n) is 8.08. The molecule has 5 heteroatoms. The molecule has 1 atom stereocenters. The topological polar surface area (TPSA) is 70.7 Å². The number of rotatable bonds is 6. The molecule has 2 N–H and O–H groups in total. The molecule has 0 saturated carbocycles. The van der Waals surface area contributed by atoms with E-state index in [0.717, 1.165) is 29.7 Å². The maximum atomic E-state index is 12.6. The number of amides is 1. The normalized spacial score (nSPS) is 11.9. The molecule has 2 heterocycles. The standard InChI is InChI=1S/C19H20N4O/c1-2-7-16-12-17(23-22-16)19(24)21-18(14-8-4-3-5-9-14)15-10-6-11-20-13-15/h3-6,8-13,18H,2,7H2,1H3,(H,21,24)(H,22,23). The van der Waals surface area contributed by atoms with Crippen molar-refractivity contribution < 1.29 is 4.79 Å². The number of hydrogen-bond donors (Lipinski definition) is 2. The van der Waals surface area contributed by atoms with Crippen LogP contribution >= 0.6 is 0 Å². The van der Waals surface area contributed by atoms with Gasteiger partial charge in [-0.1, -0.05) is 49.7 Å². The van der Waals surface area contributed by atoms with E-state index in [1.54, 1.807) is 12.4 Å². The van der Waals surface area contributed by atoms with Gasteiger partial charge in [0.15, 0.2) is 0 Å². The van der Waals surface area contributed by atoms with Crippen LogP contribution in [0, 0.1) is 0 Å². The second-order valence-corrected chi connectivity index (χ2v) is 5.63. The van der Waals surface area contributed by atoms with E-state index in [1.807, 2.05) is 48.5 Å². The third-order valence-corrected chi connectivity index (χ3v) is 3.81. The van der Waals surface area contributed by atoms with Crippen molar-refractivity contribution >= 4 is 5.91 Å². The molecular weight excluding hydrogens is 300 g/mol. The summed E-state index contributed by atoms with van der Waals surface area (Å²) in [6.45, 7) is 2.09. The lowest BCUT2D eigenvalue weighted by Crippen LogP contribution is -2.29. The van der Waals surface area contributed by atoms with E-state index in [0.29, 0.717) is 5.69 Å². The van der Waals surface area contributed by atoms with E-state index in [4.69, 9.17) is 0 Å². The first-order valence-corrected chi connectivity index (χ1v) is 8.08. The molecule has 0 saturated heterocycles. The van der Waals surface area contributed by atoms with Gasteiger partial charge in [0.25, 0.3) is 5.91 Å². The van der Waals surface area contributed by atoms with E-state index in [2.05, 4.69) is 27.4 Å². The lowest BCUT2D eigenvalue weighted by atomic mass is 10.00. The minimum Gasteiger partial charge on any atom is -0.340 e. The molecule has 5 nitrogen and oxygen atoms in total. The predicted molar refractivity (Wildman–Crippen MR) is 92.6 cm³/mol. The fourth-order valence-electron chi connectivity index (χ4n) is 2.63. The SMILES string of the molecule is CCCc1cc(C(=O)NC(c2ccccc2)c2cccnc2)n[nH]1. The number of nitrogens with one attached hydrogen (secondary N) is 2. The molecule has 122 valence electrons. The number of aromatic nitrogens is 3. The molecule has 3 rings (SSSR count). The number of hydrogen-bond acceptors (Lipinski definition) is 3. The molecule has 0 aliphatic heterocycles. The highest BCUT2D eigenvalue weighted by Gasteiger charge is 2.19. The smallest absolute Gasteiger partial charge is 0.272 e. The van der Waals surface area contributed by atoms with Gasteiger partial charge in [-0.05, 0) is 29.7 Å². The van der Waals surface area contributed by atoms with Crippen LogP contribution in [0.3, 0.4) is 0 Å². The molecule has 1 unspecified atom stereocenters. The minimum atomic E-state index is -0.265. The third-order valence-electron chi connectivity index (χ3n) is 3.81. The minimum absolute atomic E-state index is 0.202. The van der Waals surface area contributed by atoms with Gasteiger partial charge in [0.2, 0.25) is 0 Å². The maximum Gasteiger partial charge on any atom is 0.272 e. The van der Waals surface area contributed by atoms with Gasteiger partial charge in [-0.2, -0.15) is 5.10 Å². The Morgan fingerprint density at radius 1 is 1.17 bits per heavy atom. The fourth-order valence-corrected chi connectivity index (χ4v) is 2.63. The molecule has 1 aromatic carbocycles. The van der Waals surface area contributed by atoms with Crippen LogP contribution in [0.5, 0.6) is 0 Å². The van der Waals surface area contributed by atoms with Crippen molar-refractivity contribution in [3.63, 3.8) is 0 Å². The Balaban J connectivity index is 1.85. The van der Waals surface area contributed by atoms with E-state index in [9.17, 15) is 4.79 Å². The number of aromatic amines is 1. The van der Waals surface area contributed by atoms with Crippen molar-refractivity contribution in [1.82, 2.24) is 20.5 Å². The summed E-state index contributed by atoms with van der Waals surface area (Å²) in [5, 5.41) is 10.1. The maximum absolute atomic E-state index is 12.6. The van der Waals surface area contributed by atoms with Crippen LogP contribution in [0.1, 0.15) is 46.7 Å². The Hall–Kier alpha value is -2.95. The Morgan fingerprint density at radius 3 is 2.67 bits per heavy atom. The van der Waals surface area contributed by atoms with Gasteiger partial charge in [-0.25, -0.2) is 0 Å². The Labute approximate surface area is 141 Å². The second kappa shape index (κ2) is 7.55. The Bertz CT molecular complexity index is 744. The highest BCUT2D eigenvalue weighted by atomic mass is 16.2. The van der Waals surface area contributed by atoms with Gasteiger partial charge < -0.3 is 5.32 Å². The van der Waals surface area contributed by atoms with E-state index >= 15 is 0 Å². The molecular formula is C19H20N4O. The first kappa shape index (κ1) is 15.9. The molecule has 0 aliphatic carbocycles. The number of carbonyl (C=O) groups is 1. The Morgan fingerprint density at radius 2 is 1.96 bits per heavy atom. The fraction of sp³-hybridized carbons (Fsp3) is 0.211. The number of benzene rings is 1.